The number of carbonyl (C=O) groups excluding carboxylic acids is 3. The van der Waals surface area contributed by atoms with Gasteiger partial charge in [-0.1, -0.05) is 12.1 Å². The molecule has 3 amide bonds. The van der Waals surface area contributed by atoms with E-state index in [-0.39, 0.29) is 24.7 Å². The lowest BCUT2D eigenvalue weighted by molar-refractivity contribution is -0.124. The van der Waals surface area contributed by atoms with Gasteiger partial charge in [0.1, 0.15) is 11.5 Å². The molecule has 28 heavy (non-hydrogen) atoms. The highest BCUT2D eigenvalue weighted by atomic mass is 16.5. The van der Waals surface area contributed by atoms with Crippen LogP contribution in [0.15, 0.2) is 42.5 Å². The van der Waals surface area contributed by atoms with Crippen molar-refractivity contribution in [1.82, 2.24) is 5.32 Å². The molecule has 8 nitrogen and oxygen atoms in total. The Morgan fingerprint density at radius 1 is 1.11 bits per heavy atom. The molecule has 0 bridgehead atoms. The van der Waals surface area contributed by atoms with E-state index >= 15 is 0 Å². The topological polar surface area (TPSA) is 97.0 Å². The molecular formula is C20H19N3O5. The van der Waals surface area contributed by atoms with E-state index in [1.807, 2.05) is 0 Å². The molecule has 0 spiro atoms. The van der Waals surface area contributed by atoms with Gasteiger partial charge in [-0.3, -0.25) is 19.3 Å². The molecule has 2 aliphatic heterocycles. The third kappa shape index (κ3) is 2.65. The van der Waals surface area contributed by atoms with Crippen LogP contribution in [0.3, 0.4) is 0 Å². The third-order valence-corrected chi connectivity index (χ3v) is 5.03. The molecule has 1 fully saturated rings. The predicted molar refractivity (Wildman–Crippen MR) is 102 cm³/mol. The minimum Gasteiger partial charge on any atom is -0.497 e. The van der Waals surface area contributed by atoms with E-state index in [0.29, 0.717) is 28.4 Å². The molecule has 0 aromatic heterocycles. The lowest BCUT2D eigenvalue weighted by Gasteiger charge is -2.41. The van der Waals surface area contributed by atoms with E-state index in [0.717, 1.165) is 0 Å². The van der Waals surface area contributed by atoms with Gasteiger partial charge in [-0.2, -0.15) is 0 Å². The van der Waals surface area contributed by atoms with Crippen LogP contribution in [-0.4, -0.2) is 37.6 Å². The van der Waals surface area contributed by atoms with E-state index in [1.54, 1.807) is 42.5 Å². The maximum absolute atomic E-state index is 13.3. The Balaban J connectivity index is 1.73. The van der Waals surface area contributed by atoms with Crippen molar-refractivity contribution in [2.75, 3.05) is 24.4 Å². The second-order valence-electron chi connectivity index (χ2n) is 6.62. The van der Waals surface area contributed by atoms with Crippen molar-refractivity contribution in [2.24, 2.45) is 0 Å². The number of carbonyl (C=O) groups is 3. The highest BCUT2D eigenvalue weighted by Gasteiger charge is 2.56. The van der Waals surface area contributed by atoms with Crippen LogP contribution < -0.4 is 25.0 Å². The van der Waals surface area contributed by atoms with E-state index in [1.165, 1.54) is 19.1 Å². The minimum atomic E-state index is -1.47. The fourth-order valence-corrected chi connectivity index (χ4v) is 3.68. The summed E-state index contributed by atoms with van der Waals surface area (Å²) >= 11 is 0. The predicted octanol–water partition coefficient (Wildman–Crippen LogP) is 1.91. The van der Waals surface area contributed by atoms with Crippen LogP contribution in [-0.2, 0) is 9.59 Å². The smallest absolute Gasteiger partial charge is 0.271 e. The number of methoxy groups -OCH3 is 2. The fraction of sp³-hybridized carbons (Fsp3) is 0.250. The minimum absolute atomic E-state index is 0.156. The number of nitrogens with one attached hydrogen (secondary N) is 2. The number of para-hydroxylation sites is 1. The van der Waals surface area contributed by atoms with Gasteiger partial charge in [0.05, 0.1) is 25.5 Å². The molecule has 4 rings (SSSR count). The molecule has 2 aromatic rings. The zero-order valence-electron chi connectivity index (χ0n) is 15.4. The summed E-state index contributed by atoms with van der Waals surface area (Å²) in [5.41, 5.74) is -0.238. The van der Waals surface area contributed by atoms with Crippen molar-refractivity contribution in [3.05, 3.63) is 48.0 Å². The summed E-state index contributed by atoms with van der Waals surface area (Å²) in [5.74, 6) is -0.101. The standard InChI is InChI=1S/C20H19N3O5/c1-27-13-9-12(10-14(11-13)28-2)21-19(26)20-8-7-17(24)23(20)16-6-4-3-5-15(16)18(25)22-20/h3-6,9-11H,7-8H2,1-2H3,(H,21,26)(H,22,25)/t20-/m0/s1. The van der Waals surface area contributed by atoms with Gasteiger partial charge < -0.3 is 20.1 Å². The summed E-state index contributed by atoms with van der Waals surface area (Å²) in [5, 5.41) is 5.53. The molecule has 2 heterocycles. The average molecular weight is 381 g/mol. The van der Waals surface area contributed by atoms with Crippen molar-refractivity contribution < 1.29 is 23.9 Å². The van der Waals surface area contributed by atoms with E-state index in [4.69, 9.17) is 9.47 Å². The first-order valence-electron chi connectivity index (χ1n) is 8.77. The van der Waals surface area contributed by atoms with Gasteiger partial charge in [-0.05, 0) is 12.1 Å². The maximum atomic E-state index is 13.3. The Morgan fingerprint density at radius 2 is 1.79 bits per heavy atom. The number of amides is 3. The Morgan fingerprint density at radius 3 is 2.46 bits per heavy atom. The molecule has 144 valence electrons. The van der Waals surface area contributed by atoms with Crippen molar-refractivity contribution in [3.63, 3.8) is 0 Å². The van der Waals surface area contributed by atoms with Gasteiger partial charge >= 0.3 is 0 Å². The van der Waals surface area contributed by atoms with Gasteiger partial charge in [0.15, 0.2) is 0 Å². The normalized spacial score (nSPS) is 20.1. The largest absolute Gasteiger partial charge is 0.497 e. The zero-order chi connectivity index (χ0) is 19.9. The van der Waals surface area contributed by atoms with Crippen LogP contribution in [0.1, 0.15) is 23.2 Å². The third-order valence-electron chi connectivity index (χ3n) is 5.03. The summed E-state index contributed by atoms with van der Waals surface area (Å²) in [6.07, 6.45) is 0.336. The first-order chi connectivity index (χ1) is 13.5. The quantitative estimate of drug-likeness (QED) is 0.843. The van der Waals surface area contributed by atoms with E-state index in [2.05, 4.69) is 10.6 Å². The number of nitrogens with zero attached hydrogens (tertiary/aromatic N) is 1. The number of hydrogen-bond donors (Lipinski definition) is 2. The monoisotopic (exact) mass is 381 g/mol. The number of ether oxygens (including phenoxy) is 2. The van der Waals surface area contributed by atoms with Crippen molar-refractivity contribution >= 4 is 29.1 Å². The molecule has 1 atom stereocenters. The molecule has 8 heteroatoms. The summed E-state index contributed by atoms with van der Waals surface area (Å²) < 4.78 is 10.4. The summed E-state index contributed by atoms with van der Waals surface area (Å²) in [6, 6.07) is 11.7. The fourth-order valence-electron chi connectivity index (χ4n) is 3.68. The first kappa shape index (κ1) is 17.8. The maximum Gasteiger partial charge on any atom is 0.271 e. The molecule has 2 aromatic carbocycles. The number of anilines is 2. The zero-order valence-corrected chi connectivity index (χ0v) is 15.4. The number of fused-ring (bicyclic) bond motifs is 3. The Labute approximate surface area is 161 Å². The van der Waals surface area contributed by atoms with Gasteiger partial charge in [0.2, 0.25) is 11.6 Å². The molecule has 2 N–H and O–H groups in total. The van der Waals surface area contributed by atoms with Crippen LogP contribution in [0.5, 0.6) is 11.5 Å². The first-order valence-corrected chi connectivity index (χ1v) is 8.77. The van der Waals surface area contributed by atoms with E-state index in [9.17, 15) is 14.4 Å². The molecule has 0 saturated carbocycles. The van der Waals surface area contributed by atoms with Crippen LogP contribution in [0.25, 0.3) is 0 Å². The average Bonchev–Trinajstić information content (AvgIpc) is 3.05. The van der Waals surface area contributed by atoms with Crippen LogP contribution >= 0.6 is 0 Å². The molecule has 1 saturated heterocycles. The van der Waals surface area contributed by atoms with Crippen LogP contribution in [0.4, 0.5) is 11.4 Å². The van der Waals surface area contributed by atoms with Crippen molar-refractivity contribution in [2.45, 2.75) is 18.5 Å². The number of rotatable bonds is 4. The Kier molecular flexibility index (Phi) is 4.18. The second-order valence-corrected chi connectivity index (χ2v) is 6.62. The van der Waals surface area contributed by atoms with Crippen molar-refractivity contribution in [1.29, 1.82) is 0 Å². The molecular weight excluding hydrogens is 362 g/mol. The van der Waals surface area contributed by atoms with E-state index < -0.39 is 11.6 Å². The van der Waals surface area contributed by atoms with Gasteiger partial charge in [0, 0.05) is 36.7 Å². The molecule has 0 aliphatic carbocycles. The highest BCUT2D eigenvalue weighted by Crippen LogP contribution is 2.40. The molecule has 0 radical (unpaired) electrons. The lowest BCUT2D eigenvalue weighted by atomic mass is 9.98. The van der Waals surface area contributed by atoms with Gasteiger partial charge in [0.25, 0.3) is 11.8 Å². The highest BCUT2D eigenvalue weighted by molar-refractivity contribution is 6.18. The SMILES string of the molecule is COc1cc(NC(=O)[C@]23CCC(=O)N2c2ccccc2C(=O)N3)cc(OC)c1. The molecule has 2 aliphatic rings. The molecule has 0 unspecified atom stereocenters. The summed E-state index contributed by atoms with van der Waals surface area (Å²) in [6.45, 7) is 0. The summed E-state index contributed by atoms with van der Waals surface area (Å²) in [7, 11) is 3.02. The Bertz CT molecular complexity index is 967. The lowest BCUT2D eigenvalue weighted by Crippen LogP contribution is -2.68. The Hall–Kier alpha value is -3.55. The van der Waals surface area contributed by atoms with Gasteiger partial charge in [-0.15, -0.1) is 0 Å². The number of hydrogen-bond acceptors (Lipinski definition) is 5. The van der Waals surface area contributed by atoms with Crippen molar-refractivity contribution in [3.8, 4) is 11.5 Å². The van der Waals surface area contributed by atoms with Crippen LogP contribution in [0, 0.1) is 0 Å². The number of benzene rings is 2. The summed E-state index contributed by atoms with van der Waals surface area (Å²) in [4.78, 5) is 39.9. The van der Waals surface area contributed by atoms with Gasteiger partial charge in [-0.25, -0.2) is 0 Å². The van der Waals surface area contributed by atoms with Crippen LogP contribution in [0.2, 0.25) is 0 Å². The second kappa shape index (κ2) is 6.56.